The quantitative estimate of drug-likeness (QED) is 0.771. The molecule has 0 radical (unpaired) electrons. The Kier molecular flexibility index (Phi) is 5.04. The SMILES string of the molecule is CS(=O)(=O)N1CCN(C(=O)[C@H]2CC(=O)N(c3cccc(Cl)c3)C2)CC1. The summed E-state index contributed by atoms with van der Waals surface area (Å²) in [5, 5.41) is 0.539. The van der Waals surface area contributed by atoms with Gasteiger partial charge in [0.05, 0.1) is 12.2 Å². The van der Waals surface area contributed by atoms with Crippen LogP contribution in [0.3, 0.4) is 0 Å². The zero-order valence-corrected chi connectivity index (χ0v) is 15.5. The molecule has 2 amide bonds. The van der Waals surface area contributed by atoms with Crippen molar-refractivity contribution in [1.29, 1.82) is 0 Å². The van der Waals surface area contributed by atoms with Crippen LogP contribution in [0.15, 0.2) is 24.3 Å². The molecule has 2 fully saturated rings. The van der Waals surface area contributed by atoms with Crippen LogP contribution in [0.2, 0.25) is 5.02 Å². The van der Waals surface area contributed by atoms with E-state index >= 15 is 0 Å². The summed E-state index contributed by atoms with van der Waals surface area (Å²) in [4.78, 5) is 28.2. The van der Waals surface area contributed by atoms with Gasteiger partial charge in [0.15, 0.2) is 0 Å². The molecule has 9 heteroatoms. The van der Waals surface area contributed by atoms with E-state index in [4.69, 9.17) is 11.6 Å². The zero-order chi connectivity index (χ0) is 18.2. The van der Waals surface area contributed by atoms with Gasteiger partial charge >= 0.3 is 0 Å². The van der Waals surface area contributed by atoms with Crippen LogP contribution in [0.1, 0.15) is 6.42 Å². The molecule has 0 saturated carbocycles. The van der Waals surface area contributed by atoms with Crippen molar-refractivity contribution in [2.75, 3.05) is 43.9 Å². The molecular weight excluding hydrogens is 366 g/mol. The second-order valence-corrected chi connectivity index (χ2v) is 8.79. The van der Waals surface area contributed by atoms with E-state index in [1.54, 1.807) is 34.1 Å². The zero-order valence-electron chi connectivity index (χ0n) is 13.9. The molecule has 3 rings (SSSR count). The summed E-state index contributed by atoms with van der Waals surface area (Å²) in [7, 11) is -3.23. The summed E-state index contributed by atoms with van der Waals surface area (Å²) in [6.45, 7) is 1.62. The highest BCUT2D eigenvalue weighted by atomic mass is 35.5. The van der Waals surface area contributed by atoms with Gasteiger partial charge in [-0.25, -0.2) is 8.42 Å². The first-order valence-corrected chi connectivity index (χ1v) is 10.3. The molecule has 0 N–H and O–H groups in total. The van der Waals surface area contributed by atoms with E-state index in [-0.39, 0.29) is 18.2 Å². The summed E-state index contributed by atoms with van der Waals surface area (Å²) in [6.07, 6.45) is 1.33. The Morgan fingerprint density at radius 2 is 1.88 bits per heavy atom. The first-order chi connectivity index (χ1) is 11.8. The molecule has 0 spiro atoms. The highest BCUT2D eigenvalue weighted by Crippen LogP contribution is 2.28. The lowest BCUT2D eigenvalue weighted by atomic mass is 10.1. The number of hydrogen-bond donors (Lipinski definition) is 0. The van der Waals surface area contributed by atoms with Gasteiger partial charge in [0.1, 0.15) is 0 Å². The van der Waals surface area contributed by atoms with Gasteiger partial charge in [-0.1, -0.05) is 17.7 Å². The number of amides is 2. The third-order valence-electron chi connectivity index (χ3n) is 4.61. The van der Waals surface area contributed by atoms with Gasteiger partial charge in [-0.2, -0.15) is 4.31 Å². The molecule has 0 aliphatic carbocycles. The smallest absolute Gasteiger partial charge is 0.228 e. The van der Waals surface area contributed by atoms with Gasteiger partial charge in [0.25, 0.3) is 0 Å². The van der Waals surface area contributed by atoms with Crippen LogP contribution in [0.25, 0.3) is 0 Å². The average molecular weight is 386 g/mol. The molecule has 1 aromatic rings. The number of rotatable bonds is 3. The first-order valence-electron chi connectivity index (χ1n) is 8.05. The number of sulfonamides is 1. The standard InChI is InChI=1S/C16H20ClN3O4S/c1-25(23,24)19-7-5-18(6-8-19)16(22)12-9-15(21)20(11-12)14-4-2-3-13(17)10-14/h2-4,10,12H,5-9,11H2,1H3/t12-/m0/s1. The van der Waals surface area contributed by atoms with Gasteiger partial charge in [-0.3, -0.25) is 9.59 Å². The van der Waals surface area contributed by atoms with E-state index in [0.29, 0.717) is 43.4 Å². The van der Waals surface area contributed by atoms with E-state index in [1.807, 2.05) is 0 Å². The summed E-state index contributed by atoms with van der Waals surface area (Å²) >= 11 is 5.98. The second-order valence-electron chi connectivity index (χ2n) is 6.37. The molecule has 1 aromatic carbocycles. The third-order valence-corrected chi connectivity index (χ3v) is 6.15. The summed E-state index contributed by atoms with van der Waals surface area (Å²) in [5.41, 5.74) is 0.690. The maximum atomic E-state index is 12.7. The fourth-order valence-corrected chi connectivity index (χ4v) is 4.28. The number of carbonyl (C=O) groups excluding carboxylic acids is 2. The monoisotopic (exact) mass is 385 g/mol. The minimum absolute atomic E-state index is 0.0916. The minimum atomic E-state index is -3.23. The van der Waals surface area contributed by atoms with Gasteiger partial charge in [0.2, 0.25) is 21.8 Å². The van der Waals surface area contributed by atoms with E-state index in [1.165, 1.54) is 10.6 Å². The van der Waals surface area contributed by atoms with Crippen LogP contribution in [-0.4, -0.2) is 68.4 Å². The maximum Gasteiger partial charge on any atom is 0.228 e. The molecular formula is C16H20ClN3O4S. The molecule has 2 heterocycles. The Morgan fingerprint density at radius 1 is 1.20 bits per heavy atom. The molecule has 0 aromatic heterocycles. The lowest BCUT2D eigenvalue weighted by Gasteiger charge is -2.34. The Hall–Kier alpha value is -1.64. The lowest BCUT2D eigenvalue weighted by Crippen LogP contribution is -2.51. The Labute approximate surface area is 152 Å². The molecule has 7 nitrogen and oxygen atoms in total. The van der Waals surface area contributed by atoms with E-state index in [2.05, 4.69) is 0 Å². The number of carbonyl (C=O) groups is 2. The molecule has 0 unspecified atom stereocenters. The van der Waals surface area contributed by atoms with Crippen molar-refractivity contribution >= 4 is 39.1 Å². The van der Waals surface area contributed by atoms with Gasteiger partial charge in [0, 0.05) is 49.9 Å². The Balaban J connectivity index is 1.64. The van der Waals surface area contributed by atoms with Gasteiger partial charge in [-0.05, 0) is 18.2 Å². The predicted molar refractivity (Wildman–Crippen MR) is 94.9 cm³/mol. The van der Waals surface area contributed by atoms with Crippen molar-refractivity contribution in [2.24, 2.45) is 5.92 Å². The van der Waals surface area contributed by atoms with E-state index in [9.17, 15) is 18.0 Å². The summed E-state index contributed by atoms with van der Waals surface area (Å²) in [6, 6.07) is 7.00. The Bertz CT molecular complexity index is 790. The highest BCUT2D eigenvalue weighted by molar-refractivity contribution is 7.88. The molecule has 0 bridgehead atoms. The van der Waals surface area contributed by atoms with Crippen molar-refractivity contribution in [3.05, 3.63) is 29.3 Å². The number of halogens is 1. The molecule has 2 aliphatic heterocycles. The number of piperazine rings is 1. The lowest BCUT2D eigenvalue weighted by molar-refractivity contribution is -0.136. The van der Waals surface area contributed by atoms with Crippen molar-refractivity contribution in [1.82, 2.24) is 9.21 Å². The van der Waals surface area contributed by atoms with Gasteiger partial charge < -0.3 is 9.80 Å². The largest absolute Gasteiger partial charge is 0.340 e. The number of nitrogens with zero attached hydrogens (tertiary/aromatic N) is 3. The highest BCUT2D eigenvalue weighted by Gasteiger charge is 2.38. The summed E-state index contributed by atoms with van der Waals surface area (Å²) < 4.78 is 24.5. The van der Waals surface area contributed by atoms with Crippen LogP contribution in [0.4, 0.5) is 5.69 Å². The number of anilines is 1. The fourth-order valence-electron chi connectivity index (χ4n) is 3.26. The van der Waals surface area contributed by atoms with Crippen molar-refractivity contribution in [3.8, 4) is 0 Å². The topological polar surface area (TPSA) is 78.0 Å². The predicted octanol–water partition coefficient (Wildman–Crippen LogP) is 0.797. The van der Waals surface area contributed by atoms with Crippen LogP contribution in [0, 0.1) is 5.92 Å². The summed E-state index contributed by atoms with van der Waals surface area (Å²) in [5.74, 6) is -0.599. The maximum absolute atomic E-state index is 12.7. The van der Waals surface area contributed by atoms with E-state index in [0.717, 1.165) is 0 Å². The second kappa shape index (κ2) is 6.93. The van der Waals surface area contributed by atoms with Crippen molar-refractivity contribution in [3.63, 3.8) is 0 Å². The van der Waals surface area contributed by atoms with Crippen molar-refractivity contribution in [2.45, 2.75) is 6.42 Å². The molecule has 136 valence electrons. The molecule has 1 atom stereocenters. The molecule has 2 aliphatic rings. The fraction of sp³-hybridized carbons (Fsp3) is 0.500. The van der Waals surface area contributed by atoms with Crippen molar-refractivity contribution < 1.29 is 18.0 Å². The van der Waals surface area contributed by atoms with Crippen LogP contribution < -0.4 is 4.90 Å². The molecule has 25 heavy (non-hydrogen) atoms. The molecule has 2 saturated heterocycles. The minimum Gasteiger partial charge on any atom is -0.340 e. The normalized spacial score (nSPS) is 22.5. The average Bonchev–Trinajstić information content (AvgIpc) is 2.95. The first kappa shape index (κ1) is 18.2. The van der Waals surface area contributed by atoms with E-state index < -0.39 is 15.9 Å². The van der Waals surface area contributed by atoms with Crippen LogP contribution in [-0.2, 0) is 19.6 Å². The number of benzene rings is 1. The van der Waals surface area contributed by atoms with Crippen LogP contribution >= 0.6 is 11.6 Å². The number of hydrogen-bond acceptors (Lipinski definition) is 4. The third kappa shape index (κ3) is 3.96. The van der Waals surface area contributed by atoms with Gasteiger partial charge in [-0.15, -0.1) is 0 Å². The Morgan fingerprint density at radius 3 is 2.48 bits per heavy atom. The van der Waals surface area contributed by atoms with Crippen LogP contribution in [0.5, 0.6) is 0 Å².